The zero-order chi connectivity index (χ0) is 15.6. The third kappa shape index (κ3) is 4.35. The Morgan fingerprint density at radius 1 is 1.10 bits per heavy atom. The Labute approximate surface area is 126 Å². The van der Waals surface area contributed by atoms with Crippen molar-refractivity contribution >= 4 is 0 Å². The number of piperidine rings is 2. The van der Waals surface area contributed by atoms with Crippen LogP contribution in [0, 0.1) is 29.6 Å². The molecule has 5 heteroatoms. The van der Waals surface area contributed by atoms with Crippen LogP contribution in [0.2, 0.25) is 0 Å². The molecule has 0 spiro atoms. The predicted octanol–water partition coefficient (Wildman–Crippen LogP) is 3.09. The van der Waals surface area contributed by atoms with Gasteiger partial charge in [-0.15, -0.1) is 0 Å². The van der Waals surface area contributed by atoms with E-state index in [2.05, 4.69) is 24.5 Å². The lowest BCUT2D eigenvalue weighted by Gasteiger charge is -2.39. The first-order chi connectivity index (χ1) is 9.80. The normalized spacial score (nSPS) is 38.4. The van der Waals surface area contributed by atoms with Crippen LogP contribution in [0.25, 0.3) is 0 Å². The Morgan fingerprint density at radius 3 is 2.43 bits per heavy atom. The monoisotopic (exact) mass is 306 g/mol. The van der Waals surface area contributed by atoms with Gasteiger partial charge in [-0.3, -0.25) is 0 Å². The summed E-state index contributed by atoms with van der Waals surface area (Å²) in [5.74, 6) is -2.23. The zero-order valence-electron chi connectivity index (χ0n) is 13.3. The van der Waals surface area contributed by atoms with Crippen molar-refractivity contribution in [2.45, 2.75) is 45.7 Å². The second-order valence-corrected chi connectivity index (χ2v) is 7.43. The minimum absolute atomic E-state index is 0.0434. The van der Waals surface area contributed by atoms with Crippen molar-refractivity contribution in [1.29, 1.82) is 0 Å². The van der Waals surface area contributed by atoms with E-state index in [1.54, 1.807) is 0 Å². The van der Waals surface area contributed by atoms with Crippen LogP contribution in [-0.2, 0) is 0 Å². The largest absolute Gasteiger partial charge is 0.316 e. The lowest BCUT2D eigenvalue weighted by atomic mass is 9.74. The maximum Gasteiger partial charge on any atom is 0.260 e. The molecule has 0 aromatic carbocycles. The smallest absolute Gasteiger partial charge is 0.260 e. The molecule has 2 aliphatic rings. The summed E-state index contributed by atoms with van der Waals surface area (Å²) in [5, 5.41) is 6.14. The zero-order valence-corrected chi connectivity index (χ0v) is 13.3. The van der Waals surface area contributed by atoms with Crippen LogP contribution in [0.1, 0.15) is 33.6 Å². The average Bonchev–Trinajstić information content (AvgIpc) is 2.39. The van der Waals surface area contributed by atoms with E-state index in [0.717, 1.165) is 6.54 Å². The molecule has 2 rings (SSSR count). The van der Waals surface area contributed by atoms with Gasteiger partial charge in [-0.25, -0.2) is 13.2 Å². The lowest BCUT2D eigenvalue weighted by Crippen LogP contribution is -2.49. The third-order valence-electron chi connectivity index (χ3n) is 5.33. The molecule has 0 amide bonds. The number of nitrogens with one attached hydrogen (secondary N) is 2. The van der Waals surface area contributed by atoms with Crippen molar-refractivity contribution in [2.24, 2.45) is 29.6 Å². The van der Waals surface area contributed by atoms with E-state index in [1.807, 2.05) is 6.92 Å². The number of alkyl halides is 3. The molecule has 5 unspecified atom stereocenters. The van der Waals surface area contributed by atoms with E-state index in [1.165, 1.54) is 0 Å². The molecule has 2 nitrogen and oxygen atoms in total. The van der Waals surface area contributed by atoms with Gasteiger partial charge in [0.2, 0.25) is 0 Å². The fraction of sp³-hybridized carbons (Fsp3) is 1.00. The summed E-state index contributed by atoms with van der Waals surface area (Å²) >= 11 is 0. The number of rotatable bonds is 4. The minimum Gasteiger partial charge on any atom is -0.316 e. The number of halogens is 3. The van der Waals surface area contributed by atoms with Crippen LogP contribution >= 0.6 is 0 Å². The molecule has 21 heavy (non-hydrogen) atoms. The summed E-state index contributed by atoms with van der Waals surface area (Å²) in [7, 11) is 0. The van der Waals surface area contributed by atoms with Crippen molar-refractivity contribution in [3.8, 4) is 0 Å². The Hall–Kier alpha value is -0.290. The van der Waals surface area contributed by atoms with Gasteiger partial charge in [-0.2, -0.15) is 0 Å². The molecule has 0 aliphatic carbocycles. The van der Waals surface area contributed by atoms with E-state index >= 15 is 0 Å². The second kappa shape index (κ2) is 6.86. The fourth-order valence-corrected chi connectivity index (χ4v) is 3.87. The molecular weight excluding hydrogens is 277 g/mol. The van der Waals surface area contributed by atoms with Gasteiger partial charge in [0.25, 0.3) is 5.92 Å². The molecule has 2 aliphatic heterocycles. The Morgan fingerprint density at radius 2 is 1.81 bits per heavy atom. The molecule has 5 atom stereocenters. The molecule has 0 saturated carbocycles. The van der Waals surface area contributed by atoms with Gasteiger partial charge in [0, 0.05) is 31.3 Å². The van der Waals surface area contributed by atoms with E-state index in [4.69, 9.17) is 0 Å². The molecule has 124 valence electrons. The van der Waals surface area contributed by atoms with Crippen molar-refractivity contribution in [2.75, 3.05) is 26.2 Å². The maximum atomic E-state index is 14.6. The molecule has 2 N–H and O–H groups in total. The lowest BCUT2D eigenvalue weighted by molar-refractivity contribution is -0.0511. The second-order valence-electron chi connectivity index (χ2n) is 7.43. The Kier molecular flexibility index (Phi) is 5.58. The van der Waals surface area contributed by atoms with Crippen molar-refractivity contribution in [3.63, 3.8) is 0 Å². The van der Waals surface area contributed by atoms with E-state index in [-0.39, 0.29) is 36.6 Å². The fourth-order valence-electron chi connectivity index (χ4n) is 3.87. The molecule has 0 bridgehead atoms. The summed E-state index contributed by atoms with van der Waals surface area (Å²) in [6.07, 6.45) is -0.183. The topological polar surface area (TPSA) is 24.1 Å². The van der Waals surface area contributed by atoms with Gasteiger partial charge in [-0.1, -0.05) is 20.8 Å². The Balaban J connectivity index is 1.91. The van der Waals surface area contributed by atoms with Crippen molar-refractivity contribution in [3.05, 3.63) is 0 Å². The predicted molar refractivity (Wildman–Crippen MR) is 79.3 cm³/mol. The highest BCUT2D eigenvalue weighted by atomic mass is 19.3. The van der Waals surface area contributed by atoms with Crippen LogP contribution in [-0.4, -0.2) is 38.3 Å². The third-order valence-corrected chi connectivity index (χ3v) is 5.33. The van der Waals surface area contributed by atoms with Crippen molar-refractivity contribution < 1.29 is 13.2 Å². The first-order valence-electron chi connectivity index (χ1n) is 8.23. The summed E-state index contributed by atoms with van der Waals surface area (Å²) in [4.78, 5) is 0. The first-order valence-corrected chi connectivity index (χ1v) is 8.23. The molecular formula is C16H29F3N2. The minimum atomic E-state index is -2.61. The summed E-state index contributed by atoms with van der Waals surface area (Å²) in [5.41, 5.74) is 0. The summed E-state index contributed by atoms with van der Waals surface area (Å²) < 4.78 is 41.6. The van der Waals surface area contributed by atoms with Gasteiger partial charge in [0.15, 0.2) is 0 Å². The molecule has 0 aromatic rings. The van der Waals surface area contributed by atoms with Crippen LogP contribution in [0.3, 0.4) is 0 Å². The van der Waals surface area contributed by atoms with Gasteiger partial charge in [-0.05, 0) is 30.7 Å². The summed E-state index contributed by atoms with van der Waals surface area (Å²) in [6, 6.07) is 0. The highest BCUT2D eigenvalue weighted by Crippen LogP contribution is 2.36. The number of hydrogen-bond acceptors (Lipinski definition) is 2. The van der Waals surface area contributed by atoms with Crippen molar-refractivity contribution in [1.82, 2.24) is 10.6 Å². The highest BCUT2D eigenvalue weighted by Gasteiger charge is 2.41. The van der Waals surface area contributed by atoms with E-state index in [9.17, 15) is 13.2 Å². The Bertz CT molecular complexity index is 335. The molecule has 2 saturated heterocycles. The molecule has 2 heterocycles. The SMILES string of the molecule is CC(C)C1CNCC(CC(C)C2CNCC(F)(F)C2)C1F. The van der Waals surface area contributed by atoms with Gasteiger partial charge in [0.1, 0.15) is 6.17 Å². The summed E-state index contributed by atoms with van der Waals surface area (Å²) in [6.45, 7) is 7.91. The van der Waals surface area contributed by atoms with Gasteiger partial charge in [0.05, 0.1) is 6.54 Å². The first kappa shape index (κ1) is 17.1. The molecule has 2 fully saturated rings. The molecule has 0 radical (unpaired) electrons. The van der Waals surface area contributed by atoms with Crippen LogP contribution in [0.5, 0.6) is 0 Å². The quantitative estimate of drug-likeness (QED) is 0.834. The van der Waals surface area contributed by atoms with E-state index < -0.39 is 12.1 Å². The van der Waals surface area contributed by atoms with Crippen LogP contribution in [0.15, 0.2) is 0 Å². The average molecular weight is 306 g/mol. The molecule has 0 aromatic heterocycles. The van der Waals surface area contributed by atoms with Crippen LogP contribution in [0.4, 0.5) is 13.2 Å². The maximum absolute atomic E-state index is 14.6. The number of hydrogen-bond donors (Lipinski definition) is 2. The van der Waals surface area contributed by atoms with Gasteiger partial charge < -0.3 is 10.6 Å². The van der Waals surface area contributed by atoms with Crippen LogP contribution < -0.4 is 10.6 Å². The standard InChI is InChI=1S/C16H29F3N2/c1-10(2)14-8-20-6-12(15(14)17)4-11(3)13-5-16(18,19)9-21-7-13/h10-15,20-21H,4-9H2,1-3H3. The van der Waals surface area contributed by atoms with E-state index in [0.29, 0.717) is 25.4 Å². The highest BCUT2D eigenvalue weighted by molar-refractivity contribution is 4.90. The van der Waals surface area contributed by atoms with Gasteiger partial charge >= 0.3 is 0 Å².